The third kappa shape index (κ3) is 3.52. The molecule has 0 saturated carbocycles. The Hall–Kier alpha value is -2.47. The van der Waals surface area contributed by atoms with Gasteiger partial charge in [-0.1, -0.05) is 24.3 Å². The summed E-state index contributed by atoms with van der Waals surface area (Å²) in [5.74, 6) is 0.863. The normalized spacial score (nSPS) is 11.4. The number of nitrogens with zero attached hydrogens (tertiary/aromatic N) is 1. The van der Waals surface area contributed by atoms with Gasteiger partial charge in [-0.25, -0.2) is 0 Å². The second-order valence-electron chi connectivity index (χ2n) is 4.67. The predicted octanol–water partition coefficient (Wildman–Crippen LogP) is 3.93. The highest BCUT2D eigenvalue weighted by Gasteiger charge is 2.05. The van der Waals surface area contributed by atoms with Gasteiger partial charge in [0.15, 0.2) is 0 Å². The van der Waals surface area contributed by atoms with E-state index in [1.165, 1.54) is 5.56 Å². The largest absolute Gasteiger partial charge is 0.497 e. The molecule has 0 aromatic heterocycles. The fourth-order valence-electron chi connectivity index (χ4n) is 2.04. The van der Waals surface area contributed by atoms with Crippen LogP contribution in [0.25, 0.3) is 0 Å². The standard InChI is InChI=1S/C17H18N2O/c1-13(15-5-9-17(20-2)10-6-15)19-16-7-3-14(4-8-16)11-12-18/h3-10,13,19H,11H2,1-2H3. The third-order valence-corrected chi connectivity index (χ3v) is 3.24. The maximum absolute atomic E-state index is 8.65. The van der Waals surface area contributed by atoms with Crippen LogP contribution in [0, 0.1) is 11.3 Å². The third-order valence-electron chi connectivity index (χ3n) is 3.24. The molecule has 2 aromatic carbocycles. The molecule has 1 unspecified atom stereocenters. The van der Waals surface area contributed by atoms with Crippen molar-refractivity contribution >= 4 is 5.69 Å². The van der Waals surface area contributed by atoms with Gasteiger partial charge in [0.1, 0.15) is 5.75 Å². The minimum absolute atomic E-state index is 0.211. The molecule has 0 aliphatic carbocycles. The van der Waals surface area contributed by atoms with E-state index >= 15 is 0 Å². The molecule has 3 nitrogen and oxygen atoms in total. The molecule has 0 spiro atoms. The zero-order chi connectivity index (χ0) is 14.4. The molecule has 0 aliphatic heterocycles. The van der Waals surface area contributed by atoms with Gasteiger partial charge < -0.3 is 10.1 Å². The van der Waals surface area contributed by atoms with Gasteiger partial charge in [-0.3, -0.25) is 0 Å². The zero-order valence-electron chi connectivity index (χ0n) is 11.8. The molecule has 0 radical (unpaired) electrons. The summed E-state index contributed by atoms with van der Waals surface area (Å²) < 4.78 is 5.16. The number of hydrogen-bond acceptors (Lipinski definition) is 3. The number of methoxy groups -OCH3 is 1. The molecule has 0 bridgehead atoms. The monoisotopic (exact) mass is 266 g/mol. The van der Waals surface area contributed by atoms with Gasteiger partial charge in [-0.2, -0.15) is 5.26 Å². The molecule has 0 fully saturated rings. The van der Waals surface area contributed by atoms with E-state index in [0.717, 1.165) is 17.0 Å². The van der Waals surface area contributed by atoms with E-state index in [2.05, 4.69) is 30.4 Å². The fourth-order valence-corrected chi connectivity index (χ4v) is 2.04. The van der Waals surface area contributed by atoms with Crippen molar-refractivity contribution in [2.75, 3.05) is 12.4 Å². The van der Waals surface area contributed by atoms with Gasteiger partial charge in [-0.05, 0) is 42.3 Å². The minimum atomic E-state index is 0.211. The van der Waals surface area contributed by atoms with Crippen LogP contribution in [-0.2, 0) is 6.42 Å². The number of nitrogens with one attached hydrogen (secondary N) is 1. The quantitative estimate of drug-likeness (QED) is 0.891. The lowest BCUT2D eigenvalue weighted by Crippen LogP contribution is -2.06. The highest BCUT2D eigenvalue weighted by atomic mass is 16.5. The van der Waals surface area contributed by atoms with Gasteiger partial charge in [0, 0.05) is 11.7 Å². The van der Waals surface area contributed by atoms with Crippen molar-refractivity contribution in [3.8, 4) is 11.8 Å². The Balaban J connectivity index is 2.02. The van der Waals surface area contributed by atoms with Crippen LogP contribution < -0.4 is 10.1 Å². The van der Waals surface area contributed by atoms with Crippen molar-refractivity contribution in [1.82, 2.24) is 0 Å². The fraction of sp³-hybridized carbons (Fsp3) is 0.235. The molecular formula is C17H18N2O. The molecule has 3 heteroatoms. The lowest BCUT2D eigenvalue weighted by Gasteiger charge is -2.16. The Morgan fingerprint density at radius 2 is 1.75 bits per heavy atom. The SMILES string of the molecule is COc1ccc(C(C)Nc2ccc(CC#N)cc2)cc1. The van der Waals surface area contributed by atoms with E-state index in [9.17, 15) is 0 Å². The van der Waals surface area contributed by atoms with Gasteiger partial charge in [0.2, 0.25) is 0 Å². The van der Waals surface area contributed by atoms with E-state index in [1.54, 1.807) is 7.11 Å². The molecule has 0 aliphatic rings. The maximum Gasteiger partial charge on any atom is 0.118 e. The topological polar surface area (TPSA) is 45.0 Å². The summed E-state index contributed by atoms with van der Waals surface area (Å²) in [7, 11) is 1.67. The number of ether oxygens (including phenoxy) is 1. The summed E-state index contributed by atoms with van der Waals surface area (Å²) >= 11 is 0. The van der Waals surface area contributed by atoms with Gasteiger partial charge >= 0.3 is 0 Å². The number of anilines is 1. The van der Waals surface area contributed by atoms with Crippen LogP contribution in [0.15, 0.2) is 48.5 Å². The van der Waals surface area contributed by atoms with Crippen LogP contribution in [0.1, 0.15) is 24.1 Å². The molecule has 0 amide bonds. The maximum atomic E-state index is 8.65. The number of hydrogen-bond donors (Lipinski definition) is 1. The van der Waals surface area contributed by atoms with Crippen molar-refractivity contribution in [2.45, 2.75) is 19.4 Å². The Morgan fingerprint density at radius 1 is 1.10 bits per heavy atom. The minimum Gasteiger partial charge on any atom is -0.497 e. The Morgan fingerprint density at radius 3 is 2.30 bits per heavy atom. The average molecular weight is 266 g/mol. The summed E-state index contributed by atoms with van der Waals surface area (Å²) in [6.45, 7) is 2.12. The van der Waals surface area contributed by atoms with Crippen molar-refractivity contribution in [3.05, 3.63) is 59.7 Å². The highest BCUT2D eigenvalue weighted by Crippen LogP contribution is 2.21. The van der Waals surface area contributed by atoms with Crippen LogP contribution in [0.5, 0.6) is 5.75 Å². The predicted molar refractivity (Wildman–Crippen MR) is 80.8 cm³/mol. The highest BCUT2D eigenvalue weighted by molar-refractivity contribution is 5.47. The summed E-state index contributed by atoms with van der Waals surface area (Å²) in [6.07, 6.45) is 0.453. The first-order valence-corrected chi connectivity index (χ1v) is 6.59. The van der Waals surface area contributed by atoms with E-state index in [-0.39, 0.29) is 6.04 Å². The molecule has 1 atom stereocenters. The Bertz CT molecular complexity index is 582. The second kappa shape index (κ2) is 6.63. The molecule has 1 N–H and O–H groups in total. The molecular weight excluding hydrogens is 248 g/mol. The molecule has 0 heterocycles. The smallest absolute Gasteiger partial charge is 0.118 e. The van der Waals surface area contributed by atoms with Gasteiger partial charge in [-0.15, -0.1) is 0 Å². The van der Waals surface area contributed by atoms with Crippen molar-refractivity contribution in [1.29, 1.82) is 5.26 Å². The van der Waals surface area contributed by atoms with Crippen LogP contribution in [0.3, 0.4) is 0 Å². The number of benzene rings is 2. The average Bonchev–Trinajstić information content (AvgIpc) is 2.49. The summed E-state index contributed by atoms with van der Waals surface area (Å²) in [6, 6.07) is 18.4. The van der Waals surface area contributed by atoms with E-state index in [0.29, 0.717) is 6.42 Å². The molecule has 102 valence electrons. The van der Waals surface area contributed by atoms with Crippen molar-refractivity contribution < 1.29 is 4.74 Å². The van der Waals surface area contributed by atoms with Crippen molar-refractivity contribution in [3.63, 3.8) is 0 Å². The lowest BCUT2D eigenvalue weighted by atomic mass is 10.1. The summed E-state index contributed by atoms with van der Waals surface area (Å²) in [5, 5.41) is 12.1. The molecule has 2 aromatic rings. The molecule has 20 heavy (non-hydrogen) atoms. The molecule has 0 saturated heterocycles. The Labute approximate surface area is 119 Å². The molecule has 2 rings (SSSR count). The van der Waals surface area contributed by atoms with Gasteiger partial charge in [0.25, 0.3) is 0 Å². The second-order valence-corrected chi connectivity index (χ2v) is 4.67. The van der Waals surface area contributed by atoms with Crippen molar-refractivity contribution in [2.24, 2.45) is 0 Å². The number of rotatable bonds is 5. The Kier molecular flexibility index (Phi) is 4.62. The lowest BCUT2D eigenvalue weighted by molar-refractivity contribution is 0.414. The van der Waals surface area contributed by atoms with E-state index in [4.69, 9.17) is 10.00 Å². The van der Waals surface area contributed by atoms with Crippen LogP contribution >= 0.6 is 0 Å². The number of nitriles is 1. The van der Waals surface area contributed by atoms with E-state index in [1.807, 2.05) is 36.4 Å². The first-order chi connectivity index (χ1) is 9.72. The summed E-state index contributed by atoms with van der Waals surface area (Å²) in [4.78, 5) is 0. The van der Waals surface area contributed by atoms with Crippen LogP contribution in [-0.4, -0.2) is 7.11 Å². The zero-order valence-corrected chi connectivity index (χ0v) is 11.8. The first kappa shape index (κ1) is 14.0. The first-order valence-electron chi connectivity index (χ1n) is 6.59. The van der Waals surface area contributed by atoms with Crippen LogP contribution in [0.4, 0.5) is 5.69 Å². The van der Waals surface area contributed by atoms with E-state index < -0.39 is 0 Å². The van der Waals surface area contributed by atoms with Crippen LogP contribution in [0.2, 0.25) is 0 Å². The van der Waals surface area contributed by atoms with Gasteiger partial charge in [0.05, 0.1) is 19.6 Å². The summed E-state index contributed by atoms with van der Waals surface area (Å²) in [5.41, 5.74) is 3.29.